The standard InChI is InChI=1S/C6H12N2O2/c1-8-3-4(9)2-5(7)6(8)10/h4-5,9H,2-3,7H2,1H3/t4-,5+/m0/s1. The van der Waals surface area contributed by atoms with Crippen LogP contribution >= 0.6 is 0 Å². The van der Waals surface area contributed by atoms with E-state index in [0.29, 0.717) is 13.0 Å². The van der Waals surface area contributed by atoms with Gasteiger partial charge in [0.1, 0.15) is 0 Å². The highest BCUT2D eigenvalue weighted by Crippen LogP contribution is 2.07. The lowest BCUT2D eigenvalue weighted by atomic mass is 10.0. The molecule has 0 bridgehead atoms. The molecular weight excluding hydrogens is 132 g/mol. The zero-order valence-electron chi connectivity index (χ0n) is 5.95. The number of likely N-dealkylation sites (tertiary alicyclic amines) is 1. The Labute approximate surface area is 59.6 Å². The lowest BCUT2D eigenvalue weighted by molar-refractivity contribution is -0.136. The minimum atomic E-state index is -0.506. The SMILES string of the molecule is CN1C[C@@H](O)C[C@@H](N)C1=O. The van der Waals surface area contributed by atoms with Gasteiger partial charge in [-0.1, -0.05) is 0 Å². The molecule has 4 heteroatoms. The van der Waals surface area contributed by atoms with Crippen LogP contribution in [0.3, 0.4) is 0 Å². The van der Waals surface area contributed by atoms with Gasteiger partial charge < -0.3 is 15.7 Å². The summed E-state index contributed by atoms with van der Waals surface area (Å²) in [6.45, 7) is 0.409. The molecule has 1 saturated heterocycles. The fourth-order valence-corrected chi connectivity index (χ4v) is 1.16. The van der Waals surface area contributed by atoms with E-state index in [1.165, 1.54) is 4.90 Å². The second kappa shape index (κ2) is 2.56. The number of hydrogen-bond donors (Lipinski definition) is 2. The fraction of sp³-hybridized carbons (Fsp3) is 0.833. The molecule has 0 aromatic heterocycles. The van der Waals surface area contributed by atoms with Crippen LogP contribution in [0.25, 0.3) is 0 Å². The lowest BCUT2D eigenvalue weighted by Crippen LogP contribution is -2.51. The van der Waals surface area contributed by atoms with Crippen molar-refractivity contribution in [3.8, 4) is 0 Å². The van der Waals surface area contributed by atoms with E-state index in [4.69, 9.17) is 10.8 Å². The average molecular weight is 144 g/mol. The summed E-state index contributed by atoms with van der Waals surface area (Å²) in [5, 5.41) is 9.09. The van der Waals surface area contributed by atoms with Gasteiger partial charge >= 0.3 is 0 Å². The minimum absolute atomic E-state index is 0.0784. The molecule has 1 rings (SSSR count). The monoisotopic (exact) mass is 144 g/mol. The maximum Gasteiger partial charge on any atom is 0.239 e. The van der Waals surface area contributed by atoms with E-state index in [-0.39, 0.29) is 5.91 Å². The van der Waals surface area contributed by atoms with Gasteiger partial charge in [-0.2, -0.15) is 0 Å². The number of β-amino-alcohol motifs (C(OH)–C–C–N with tert-alkyl or cyclic N) is 1. The van der Waals surface area contributed by atoms with Crippen LogP contribution < -0.4 is 5.73 Å². The molecule has 1 aliphatic heterocycles. The van der Waals surface area contributed by atoms with Crippen molar-refractivity contribution in [2.75, 3.05) is 13.6 Å². The van der Waals surface area contributed by atoms with Crippen molar-refractivity contribution >= 4 is 5.91 Å². The molecular formula is C6H12N2O2. The summed E-state index contributed by atoms with van der Waals surface area (Å²) in [6, 6.07) is -0.506. The number of aliphatic hydroxyl groups excluding tert-OH is 1. The Kier molecular flexibility index (Phi) is 1.92. The normalized spacial score (nSPS) is 34.7. The minimum Gasteiger partial charge on any atom is -0.391 e. The fourth-order valence-electron chi connectivity index (χ4n) is 1.16. The van der Waals surface area contributed by atoms with Gasteiger partial charge in [-0.05, 0) is 6.42 Å². The first-order chi connectivity index (χ1) is 4.61. The van der Waals surface area contributed by atoms with Gasteiger partial charge in [0.2, 0.25) is 5.91 Å². The summed E-state index contributed by atoms with van der Waals surface area (Å²) in [5.74, 6) is -0.0784. The number of nitrogens with zero attached hydrogens (tertiary/aromatic N) is 1. The van der Waals surface area contributed by atoms with E-state index in [2.05, 4.69) is 0 Å². The molecule has 0 radical (unpaired) electrons. The van der Waals surface area contributed by atoms with Crippen molar-refractivity contribution in [1.29, 1.82) is 0 Å². The highest BCUT2D eigenvalue weighted by Gasteiger charge is 2.27. The molecule has 58 valence electrons. The van der Waals surface area contributed by atoms with E-state index in [1.54, 1.807) is 7.05 Å². The molecule has 0 unspecified atom stereocenters. The smallest absolute Gasteiger partial charge is 0.239 e. The Morgan fingerprint density at radius 2 is 2.40 bits per heavy atom. The Morgan fingerprint density at radius 1 is 1.80 bits per heavy atom. The van der Waals surface area contributed by atoms with E-state index in [0.717, 1.165) is 0 Å². The summed E-state index contributed by atoms with van der Waals surface area (Å²) in [4.78, 5) is 12.4. The Hall–Kier alpha value is -0.610. The van der Waals surface area contributed by atoms with E-state index < -0.39 is 12.1 Å². The van der Waals surface area contributed by atoms with Crippen molar-refractivity contribution in [2.45, 2.75) is 18.6 Å². The van der Waals surface area contributed by atoms with E-state index >= 15 is 0 Å². The maximum absolute atomic E-state index is 11.0. The number of amides is 1. The van der Waals surface area contributed by atoms with Crippen LogP contribution in [0.4, 0.5) is 0 Å². The largest absolute Gasteiger partial charge is 0.391 e. The molecule has 1 fully saturated rings. The van der Waals surface area contributed by atoms with Gasteiger partial charge in [0.25, 0.3) is 0 Å². The van der Waals surface area contributed by atoms with Crippen LogP contribution in [-0.2, 0) is 4.79 Å². The number of rotatable bonds is 0. The third-order valence-corrected chi connectivity index (χ3v) is 1.70. The number of hydrogen-bond acceptors (Lipinski definition) is 3. The summed E-state index contributed by atoms with van der Waals surface area (Å²) in [7, 11) is 1.64. The van der Waals surface area contributed by atoms with Gasteiger partial charge in [0, 0.05) is 13.6 Å². The van der Waals surface area contributed by atoms with Crippen LogP contribution in [0.1, 0.15) is 6.42 Å². The molecule has 4 nitrogen and oxygen atoms in total. The predicted molar refractivity (Wildman–Crippen MR) is 36.2 cm³/mol. The third kappa shape index (κ3) is 1.27. The quantitative estimate of drug-likeness (QED) is 0.436. The maximum atomic E-state index is 11.0. The summed E-state index contributed by atoms with van der Waals surface area (Å²) < 4.78 is 0. The van der Waals surface area contributed by atoms with Gasteiger partial charge in [0.05, 0.1) is 12.1 Å². The molecule has 0 spiro atoms. The average Bonchev–Trinajstić information content (AvgIpc) is 1.82. The van der Waals surface area contributed by atoms with Crippen molar-refractivity contribution < 1.29 is 9.90 Å². The summed E-state index contributed by atoms with van der Waals surface area (Å²) in [6.07, 6.45) is -0.0545. The molecule has 0 aliphatic carbocycles. The molecule has 0 saturated carbocycles. The molecule has 0 aromatic rings. The number of carbonyl (C=O) groups is 1. The summed E-state index contributed by atoms with van der Waals surface area (Å²) >= 11 is 0. The van der Waals surface area contributed by atoms with Crippen molar-refractivity contribution in [3.05, 3.63) is 0 Å². The number of aliphatic hydroxyl groups is 1. The van der Waals surface area contributed by atoms with Gasteiger partial charge in [-0.15, -0.1) is 0 Å². The van der Waals surface area contributed by atoms with Crippen molar-refractivity contribution in [2.24, 2.45) is 5.73 Å². The number of piperidine rings is 1. The van der Waals surface area contributed by atoms with Crippen LogP contribution in [0, 0.1) is 0 Å². The number of likely N-dealkylation sites (N-methyl/N-ethyl adjacent to an activating group) is 1. The van der Waals surface area contributed by atoms with Gasteiger partial charge in [-0.25, -0.2) is 0 Å². The van der Waals surface area contributed by atoms with Gasteiger partial charge in [0.15, 0.2) is 0 Å². The lowest BCUT2D eigenvalue weighted by Gasteiger charge is -2.30. The van der Waals surface area contributed by atoms with Crippen LogP contribution in [0.2, 0.25) is 0 Å². The molecule has 1 aliphatic rings. The van der Waals surface area contributed by atoms with Crippen molar-refractivity contribution in [3.63, 3.8) is 0 Å². The third-order valence-electron chi connectivity index (χ3n) is 1.70. The molecule has 1 amide bonds. The number of nitrogens with two attached hydrogens (primary N) is 1. The van der Waals surface area contributed by atoms with Crippen molar-refractivity contribution in [1.82, 2.24) is 4.90 Å². The van der Waals surface area contributed by atoms with E-state index in [1.807, 2.05) is 0 Å². The first-order valence-electron chi connectivity index (χ1n) is 3.30. The molecule has 1 heterocycles. The first-order valence-corrected chi connectivity index (χ1v) is 3.30. The second-order valence-electron chi connectivity index (χ2n) is 2.71. The Balaban J connectivity index is 2.57. The second-order valence-corrected chi connectivity index (χ2v) is 2.71. The number of carbonyl (C=O) groups excluding carboxylic acids is 1. The topological polar surface area (TPSA) is 66.6 Å². The molecule has 0 aromatic carbocycles. The highest BCUT2D eigenvalue weighted by atomic mass is 16.3. The van der Waals surface area contributed by atoms with Crippen LogP contribution in [0.15, 0.2) is 0 Å². The van der Waals surface area contributed by atoms with Crippen LogP contribution in [-0.4, -0.2) is 41.7 Å². The zero-order valence-corrected chi connectivity index (χ0v) is 5.95. The highest BCUT2D eigenvalue weighted by molar-refractivity contribution is 5.82. The summed E-state index contributed by atoms with van der Waals surface area (Å²) in [5.41, 5.74) is 5.41. The molecule has 10 heavy (non-hydrogen) atoms. The zero-order chi connectivity index (χ0) is 7.72. The van der Waals surface area contributed by atoms with Gasteiger partial charge in [-0.3, -0.25) is 4.79 Å². The molecule has 2 atom stereocenters. The van der Waals surface area contributed by atoms with E-state index in [9.17, 15) is 4.79 Å². The molecule has 3 N–H and O–H groups in total. The first kappa shape index (κ1) is 7.50. The Morgan fingerprint density at radius 3 is 2.90 bits per heavy atom. The van der Waals surface area contributed by atoms with Crippen LogP contribution in [0.5, 0.6) is 0 Å². The predicted octanol–water partition coefficient (Wildman–Crippen LogP) is -1.46. The Bertz CT molecular complexity index is 135.